The second-order valence-corrected chi connectivity index (χ2v) is 7.10. The van der Waals surface area contributed by atoms with Crippen LogP contribution in [0.5, 0.6) is 5.75 Å². The van der Waals surface area contributed by atoms with E-state index in [4.69, 9.17) is 16.3 Å². The second kappa shape index (κ2) is 7.06. The normalized spacial score (nSPS) is 22.5. The number of rotatable bonds is 2. The van der Waals surface area contributed by atoms with Crippen molar-refractivity contribution in [1.29, 1.82) is 0 Å². The highest BCUT2D eigenvalue weighted by atomic mass is 35.5. The molecule has 3 aliphatic rings. The minimum Gasteiger partial charge on any atom is -0.410 e. The molecule has 3 saturated heterocycles. The Hall–Kier alpha value is -2.04. The third-order valence-electron chi connectivity index (χ3n) is 5.13. The number of hydrogen-bond acceptors (Lipinski definition) is 3. The van der Waals surface area contributed by atoms with Gasteiger partial charge in [0.05, 0.1) is 0 Å². The molecule has 3 heterocycles. The van der Waals surface area contributed by atoms with E-state index in [0.717, 1.165) is 55.2 Å². The third kappa shape index (κ3) is 3.65. The third-order valence-corrected chi connectivity index (χ3v) is 5.38. The largest absolute Gasteiger partial charge is 0.415 e. The number of piperidine rings is 1. The molecular weight excluding hydrogens is 336 g/mol. The van der Waals surface area contributed by atoms with Gasteiger partial charge in [-0.15, -0.1) is 0 Å². The van der Waals surface area contributed by atoms with Crippen LogP contribution < -0.4 is 4.74 Å². The quantitative estimate of drug-likeness (QED) is 0.804. The van der Waals surface area contributed by atoms with Crippen molar-refractivity contribution < 1.29 is 9.53 Å². The molecule has 5 rings (SSSR count). The summed E-state index contributed by atoms with van der Waals surface area (Å²) < 4.78 is 5.62. The lowest BCUT2D eigenvalue weighted by Gasteiger charge is -2.30. The fourth-order valence-corrected chi connectivity index (χ4v) is 3.77. The smallest absolute Gasteiger partial charge is 0.410 e. The first-order valence-corrected chi connectivity index (χ1v) is 9.14. The van der Waals surface area contributed by atoms with Crippen LogP contribution in [0, 0.1) is 0 Å². The molecule has 1 amide bonds. The van der Waals surface area contributed by atoms with Gasteiger partial charge in [0.1, 0.15) is 5.75 Å². The Labute approximate surface area is 152 Å². The van der Waals surface area contributed by atoms with Gasteiger partial charge in [0.2, 0.25) is 0 Å². The van der Waals surface area contributed by atoms with Crippen molar-refractivity contribution in [3.63, 3.8) is 0 Å². The number of carbonyl (C=O) groups excluding carboxylic acids is 1. The van der Waals surface area contributed by atoms with Gasteiger partial charge in [-0.2, -0.15) is 0 Å². The first-order chi connectivity index (χ1) is 12.2. The molecule has 25 heavy (non-hydrogen) atoms. The summed E-state index contributed by atoms with van der Waals surface area (Å²) in [6, 6.07) is 15.6. The maximum Gasteiger partial charge on any atom is 0.415 e. The minimum absolute atomic E-state index is 0.229. The molecule has 0 N–H and O–H groups in total. The Balaban J connectivity index is 1.44. The molecule has 0 spiro atoms. The Kier molecular flexibility index (Phi) is 4.64. The number of nitrogens with zero attached hydrogens (tertiary/aromatic N) is 2. The number of fused-ring (bicyclic) bond motifs is 4. The Morgan fingerprint density at radius 1 is 0.880 bits per heavy atom. The lowest BCUT2D eigenvalue weighted by molar-refractivity contribution is 0.131. The van der Waals surface area contributed by atoms with Gasteiger partial charge < -0.3 is 14.5 Å². The van der Waals surface area contributed by atoms with Crippen LogP contribution in [0.15, 0.2) is 48.5 Å². The minimum atomic E-state index is -0.229. The van der Waals surface area contributed by atoms with E-state index in [2.05, 4.69) is 4.90 Å². The molecule has 2 aromatic rings. The molecule has 0 aromatic heterocycles. The molecule has 3 aliphatic heterocycles. The summed E-state index contributed by atoms with van der Waals surface area (Å²) >= 11 is 5.93. The van der Waals surface area contributed by atoms with Gasteiger partial charge in [-0.3, -0.25) is 0 Å². The molecule has 3 fully saturated rings. The Morgan fingerprint density at radius 3 is 2.12 bits per heavy atom. The lowest BCUT2D eigenvalue weighted by Crippen LogP contribution is -2.43. The molecule has 4 nitrogen and oxygen atoms in total. The Bertz CT molecular complexity index is 737. The van der Waals surface area contributed by atoms with Crippen molar-refractivity contribution in [2.24, 2.45) is 0 Å². The zero-order valence-electron chi connectivity index (χ0n) is 14.0. The fourth-order valence-electron chi connectivity index (χ4n) is 3.64. The van der Waals surface area contributed by atoms with Crippen molar-refractivity contribution in [3.05, 3.63) is 53.6 Å². The number of benzene rings is 2. The zero-order chi connectivity index (χ0) is 17.2. The average Bonchev–Trinajstić information content (AvgIpc) is 2.97. The summed E-state index contributed by atoms with van der Waals surface area (Å²) in [7, 11) is 0. The van der Waals surface area contributed by atoms with E-state index in [-0.39, 0.29) is 6.09 Å². The number of amides is 1. The van der Waals surface area contributed by atoms with E-state index in [1.165, 1.54) is 0 Å². The van der Waals surface area contributed by atoms with Gasteiger partial charge in [0, 0.05) is 37.2 Å². The van der Waals surface area contributed by atoms with Gasteiger partial charge >= 0.3 is 6.09 Å². The van der Waals surface area contributed by atoms with Crippen molar-refractivity contribution in [3.8, 4) is 16.9 Å². The van der Waals surface area contributed by atoms with Gasteiger partial charge in [-0.05, 0) is 48.2 Å². The Morgan fingerprint density at radius 2 is 1.48 bits per heavy atom. The van der Waals surface area contributed by atoms with Crippen molar-refractivity contribution >= 4 is 17.7 Å². The van der Waals surface area contributed by atoms with Crippen molar-refractivity contribution in [2.75, 3.05) is 26.2 Å². The molecule has 130 valence electrons. The van der Waals surface area contributed by atoms with E-state index in [1.807, 2.05) is 53.4 Å². The molecule has 0 radical (unpaired) electrons. The second-order valence-electron chi connectivity index (χ2n) is 6.67. The lowest BCUT2D eigenvalue weighted by atomic mass is 10.1. The van der Waals surface area contributed by atoms with E-state index < -0.39 is 0 Å². The summed E-state index contributed by atoms with van der Waals surface area (Å²) in [6.07, 6.45) is 1.86. The van der Waals surface area contributed by atoms with Gasteiger partial charge in [0.25, 0.3) is 0 Å². The molecular formula is C20H21ClN2O2. The molecule has 2 aromatic carbocycles. The van der Waals surface area contributed by atoms with E-state index in [9.17, 15) is 4.79 Å². The highest BCUT2D eigenvalue weighted by molar-refractivity contribution is 6.30. The average molecular weight is 357 g/mol. The maximum absolute atomic E-state index is 12.6. The topological polar surface area (TPSA) is 32.8 Å². The van der Waals surface area contributed by atoms with Gasteiger partial charge in [-0.25, -0.2) is 4.79 Å². The van der Waals surface area contributed by atoms with Crippen LogP contribution in [0.25, 0.3) is 11.1 Å². The predicted molar refractivity (Wildman–Crippen MR) is 99.1 cm³/mol. The number of ether oxygens (including phenoxy) is 1. The van der Waals surface area contributed by atoms with Crippen LogP contribution in [0.3, 0.4) is 0 Å². The van der Waals surface area contributed by atoms with Crippen LogP contribution >= 0.6 is 11.6 Å². The van der Waals surface area contributed by atoms with E-state index in [1.54, 1.807) is 0 Å². The van der Waals surface area contributed by atoms with Gasteiger partial charge in [0.15, 0.2) is 0 Å². The van der Waals surface area contributed by atoms with E-state index in [0.29, 0.717) is 11.8 Å². The number of hydrogen-bond donors (Lipinski definition) is 0. The maximum atomic E-state index is 12.6. The monoisotopic (exact) mass is 356 g/mol. The molecule has 2 bridgehead atoms. The van der Waals surface area contributed by atoms with Gasteiger partial charge in [-0.1, -0.05) is 35.9 Å². The molecule has 0 unspecified atom stereocenters. The summed E-state index contributed by atoms with van der Waals surface area (Å²) in [4.78, 5) is 16.9. The molecule has 0 aliphatic carbocycles. The summed E-state index contributed by atoms with van der Waals surface area (Å²) in [5, 5.41) is 0.720. The predicted octanol–water partition coefficient (Wildman–Crippen LogP) is 4.29. The summed E-state index contributed by atoms with van der Waals surface area (Å²) in [5.74, 6) is 0.585. The van der Waals surface area contributed by atoms with Crippen LogP contribution in [-0.2, 0) is 0 Å². The molecule has 0 saturated carbocycles. The summed E-state index contributed by atoms with van der Waals surface area (Å²) in [6.45, 7) is 3.88. The van der Waals surface area contributed by atoms with Crippen LogP contribution in [0.1, 0.15) is 12.8 Å². The highest BCUT2D eigenvalue weighted by Gasteiger charge is 2.32. The fraction of sp³-hybridized carbons (Fsp3) is 0.350. The molecule has 5 heteroatoms. The summed E-state index contributed by atoms with van der Waals surface area (Å²) in [5.41, 5.74) is 2.15. The van der Waals surface area contributed by atoms with Crippen LogP contribution in [0.2, 0.25) is 5.02 Å². The van der Waals surface area contributed by atoms with Crippen LogP contribution in [-0.4, -0.2) is 48.1 Å². The number of carbonyl (C=O) groups is 1. The van der Waals surface area contributed by atoms with E-state index >= 15 is 0 Å². The SMILES string of the molecule is O=C(Oc1ccc(-c2ccc(Cl)cc2)cc1)N1CCN2CCC1CC2. The first-order valence-electron chi connectivity index (χ1n) is 8.76. The first kappa shape index (κ1) is 16.4. The standard InChI is InChI=1S/C20H21ClN2O2/c21-17-5-1-15(2-6-17)16-3-7-19(8-4-16)25-20(24)23-14-13-22-11-9-18(23)10-12-22/h1-8,18H,9-14H2. The highest BCUT2D eigenvalue weighted by Crippen LogP contribution is 2.25. The number of halogens is 1. The van der Waals surface area contributed by atoms with Crippen LogP contribution in [0.4, 0.5) is 4.79 Å². The van der Waals surface area contributed by atoms with Crippen molar-refractivity contribution in [2.45, 2.75) is 18.9 Å². The van der Waals surface area contributed by atoms with Crippen molar-refractivity contribution in [1.82, 2.24) is 9.80 Å². The molecule has 0 atom stereocenters. The zero-order valence-corrected chi connectivity index (χ0v) is 14.8.